The van der Waals surface area contributed by atoms with E-state index in [0.29, 0.717) is 46.8 Å². The van der Waals surface area contributed by atoms with Crippen LogP contribution < -0.4 is 39.4 Å². The molecule has 2 N–H and O–H groups in total. The first kappa shape index (κ1) is 81.7. The molecular weight excluding hydrogens is 1270 g/mol. The number of piperazine rings is 2. The minimum Gasteiger partial charge on any atom is -0.457 e. The normalized spacial score (nSPS) is 16.2. The number of likely N-dealkylation sites (N-methyl/N-ethyl adjacent to an activating group) is 4. The van der Waals surface area contributed by atoms with E-state index >= 15 is 0 Å². The molecule has 102 heavy (non-hydrogen) atoms. The van der Waals surface area contributed by atoms with Crippen molar-refractivity contribution >= 4 is 56.6 Å². The predicted molar refractivity (Wildman–Crippen MR) is 433 cm³/mol. The van der Waals surface area contributed by atoms with E-state index in [1.165, 1.54) is 70.5 Å². The molecule has 6 heterocycles. The minimum absolute atomic E-state index is 0.261. The van der Waals surface area contributed by atoms with E-state index in [1.807, 2.05) is 59.8 Å². The van der Waals surface area contributed by atoms with Gasteiger partial charge in [-0.15, -0.1) is 0 Å². The molecule has 4 aromatic carbocycles. The highest BCUT2D eigenvalue weighted by Crippen LogP contribution is 2.43. The smallest absolute Gasteiger partial charge is 0.138 e. The molecule has 6 aliphatic heterocycles. The summed E-state index contributed by atoms with van der Waals surface area (Å²) in [7, 11) is 12.6. The summed E-state index contributed by atoms with van der Waals surface area (Å²) in [5.41, 5.74) is 14.6. The third-order valence-electron chi connectivity index (χ3n) is 19.2. The zero-order valence-corrected chi connectivity index (χ0v) is 66.2. The van der Waals surface area contributed by atoms with Crippen molar-refractivity contribution in [2.45, 2.75) is 160 Å². The van der Waals surface area contributed by atoms with Gasteiger partial charge in [-0.25, -0.2) is 0 Å². The average molecular weight is 1390 g/mol. The van der Waals surface area contributed by atoms with Crippen LogP contribution in [-0.4, -0.2) is 152 Å². The van der Waals surface area contributed by atoms with Crippen LogP contribution in [0.5, 0.6) is 23.0 Å². The first-order chi connectivity index (χ1) is 48.0. The third kappa shape index (κ3) is 26.6. The summed E-state index contributed by atoms with van der Waals surface area (Å²) in [4.78, 5) is 38.2. The van der Waals surface area contributed by atoms with Crippen molar-refractivity contribution in [1.29, 1.82) is 0 Å². The molecule has 0 atom stereocenters. The van der Waals surface area contributed by atoms with Gasteiger partial charge in [0.2, 0.25) is 0 Å². The minimum atomic E-state index is -0.265. The molecule has 4 aromatic rings. The fraction of sp³-hybridized carbons (Fsp3) is 0.523. The average Bonchev–Trinajstić information content (AvgIpc) is 0.843. The SMILES string of the molecule is C=C1C=C(CCCC(=O)C(C)(C)C)c2ccc(N3CCN(C)CC3)cc2O1.C=C1C=C(CCCC(=O)C(C)(C)C)c2ccc(NCCN(C)C)cc2O1.C=C1C=C(CCCC(C)(C)C)c2ccc(N3CCN(C)CC3)cc2O1.C=C1C=C(CCCC(C)(C)C)c2ccc(NCCN(C)C)cc2O1. The summed E-state index contributed by atoms with van der Waals surface area (Å²) in [6.45, 7) is 54.1. The van der Waals surface area contributed by atoms with Gasteiger partial charge in [-0.3, -0.25) is 9.59 Å². The lowest BCUT2D eigenvalue weighted by atomic mass is 9.87. The molecule has 14 heteroatoms. The van der Waals surface area contributed by atoms with E-state index in [1.54, 1.807) is 0 Å². The molecule has 0 bridgehead atoms. The molecule has 10 rings (SSSR count). The largest absolute Gasteiger partial charge is 0.457 e. The number of carbonyl (C=O) groups excluding carboxylic acids is 2. The van der Waals surface area contributed by atoms with Crippen LogP contribution in [0.4, 0.5) is 22.7 Å². The lowest BCUT2D eigenvalue weighted by Gasteiger charge is -2.34. The van der Waals surface area contributed by atoms with Gasteiger partial charge in [-0.1, -0.05) is 109 Å². The number of rotatable bonds is 24. The number of fused-ring (bicyclic) bond motifs is 4. The Balaban J connectivity index is 0.000000191. The summed E-state index contributed by atoms with van der Waals surface area (Å²) < 4.78 is 23.6. The van der Waals surface area contributed by atoms with E-state index in [0.717, 1.165) is 174 Å². The van der Waals surface area contributed by atoms with E-state index in [2.05, 4.69) is 229 Å². The fourth-order valence-electron chi connectivity index (χ4n) is 12.9. The highest BCUT2D eigenvalue weighted by atomic mass is 16.5. The van der Waals surface area contributed by atoms with Crippen LogP contribution in [0, 0.1) is 21.7 Å². The van der Waals surface area contributed by atoms with Crippen molar-refractivity contribution in [3.05, 3.63) is 169 Å². The molecule has 0 radical (unpaired) electrons. The highest BCUT2D eigenvalue weighted by Gasteiger charge is 2.27. The van der Waals surface area contributed by atoms with Crippen LogP contribution in [0.15, 0.2) is 146 Å². The van der Waals surface area contributed by atoms with Gasteiger partial charge in [0, 0.05) is 171 Å². The van der Waals surface area contributed by atoms with Crippen LogP contribution in [0.2, 0.25) is 0 Å². The summed E-state index contributed by atoms with van der Waals surface area (Å²) >= 11 is 0. The van der Waals surface area contributed by atoms with Crippen molar-refractivity contribution in [2.24, 2.45) is 21.7 Å². The van der Waals surface area contributed by atoms with Crippen LogP contribution in [-0.2, 0) is 9.59 Å². The third-order valence-corrected chi connectivity index (χ3v) is 19.2. The first-order valence-corrected chi connectivity index (χ1v) is 37.5. The van der Waals surface area contributed by atoms with E-state index in [-0.39, 0.29) is 10.8 Å². The molecular formula is C88H128N8O6. The second kappa shape index (κ2) is 37.2. The number of Topliss-reactive ketones (excluding diaryl/α,β-unsaturated/α-hetero) is 2. The Morgan fingerprint density at radius 3 is 0.980 bits per heavy atom. The standard InChI is InChI=1S/C23H32N2O2.C22H32N2O2.C22H32N2O.C21H32N2O/c1-17-15-18(7-6-8-22(26)23(2,3)4)20-10-9-19(16-21(20)27-17)25-13-11-24(5)12-14-25;1-16-14-17(8-7-9-21(25)22(2,3)4)19-11-10-18(15-20(19)26-16)23-12-13-24(5)6;1-17-15-18(7-6-10-22(2,3)4)20-9-8-19(16-21(20)25-17)24-13-11-23(5)12-14-24;1-16-14-17(8-7-11-21(2,3)4)19-10-9-18(15-20(19)24-16)22-12-13-23(5)6/h9-10,15-16H,1,6-8,11-14H2,2-5H3;10-11,14-15,23H,1,7-9,12-13H2,2-6H3;8-9,15-16H,1,6-7,10-14H2,2-5H3;9-10,14-15,22H,1,7-8,11-13H2,2-6H3. The topological polar surface area (TPSA) is 115 Å². The number of allylic oxidation sites excluding steroid dienone is 8. The van der Waals surface area contributed by atoms with Gasteiger partial charge in [-0.05, 0) is 212 Å². The molecule has 0 amide bonds. The van der Waals surface area contributed by atoms with Crippen molar-refractivity contribution in [1.82, 2.24) is 19.6 Å². The number of benzene rings is 4. The molecule has 2 saturated heterocycles. The number of hydrogen-bond donors (Lipinski definition) is 2. The zero-order chi connectivity index (χ0) is 74.7. The van der Waals surface area contributed by atoms with Crippen molar-refractivity contribution in [2.75, 3.05) is 141 Å². The number of nitrogens with one attached hydrogen (secondary N) is 2. The van der Waals surface area contributed by atoms with Gasteiger partial charge in [0.1, 0.15) is 57.6 Å². The predicted octanol–water partition coefficient (Wildman–Crippen LogP) is 19.4. The van der Waals surface area contributed by atoms with E-state index < -0.39 is 0 Å². The number of hydrogen-bond acceptors (Lipinski definition) is 14. The van der Waals surface area contributed by atoms with Crippen molar-refractivity contribution in [3.8, 4) is 23.0 Å². The Hall–Kier alpha value is -7.62. The van der Waals surface area contributed by atoms with Crippen LogP contribution in [0.1, 0.15) is 182 Å². The molecule has 2 fully saturated rings. The number of nitrogens with zero attached hydrogens (tertiary/aromatic N) is 6. The van der Waals surface area contributed by atoms with Crippen LogP contribution in [0.25, 0.3) is 22.3 Å². The molecule has 556 valence electrons. The molecule has 0 aromatic heterocycles. The zero-order valence-electron chi connectivity index (χ0n) is 66.2. The molecule has 0 unspecified atom stereocenters. The Kier molecular flexibility index (Phi) is 29.8. The maximum absolute atomic E-state index is 12.2. The van der Waals surface area contributed by atoms with Gasteiger partial charge >= 0.3 is 0 Å². The number of ketones is 2. The van der Waals surface area contributed by atoms with Gasteiger partial charge < -0.3 is 59.0 Å². The summed E-state index contributed by atoms with van der Waals surface area (Å²) in [6.07, 6.45) is 19.8. The Bertz CT molecular complexity index is 3670. The van der Waals surface area contributed by atoms with Gasteiger partial charge in [0.15, 0.2) is 0 Å². The molecule has 14 nitrogen and oxygen atoms in total. The van der Waals surface area contributed by atoms with E-state index in [9.17, 15) is 9.59 Å². The number of carbonyl (C=O) groups is 2. The van der Waals surface area contributed by atoms with Crippen molar-refractivity contribution in [3.63, 3.8) is 0 Å². The van der Waals surface area contributed by atoms with Gasteiger partial charge in [-0.2, -0.15) is 0 Å². The Labute approximate surface area is 616 Å². The molecule has 0 spiro atoms. The second-order valence-corrected chi connectivity index (χ2v) is 33.7. The number of anilines is 4. The van der Waals surface area contributed by atoms with Crippen LogP contribution >= 0.6 is 0 Å². The Morgan fingerprint density at radius 1 is 0.412 bits per heavy atom. The summed E-state index contributed by atoms with van der Waals surface area (Å²) in [5.74, 6) is 7.06. The quantitative estimate of drug-likeness (QED) is 0.0694. The molecule has 0 saturated carbocycles. The first-order valence-electron chi connectivity index (χ1n) is 37.5. The lowest BCUT2D eigenvalue weighted by molar-refractivity contribution is -0.127. The van der Waals surface area contributed by atoms with Gasteiger partial charge in [0.05, 0.1) is 0 Å². The lowest BCUT2D eigenvalue weighted by Crippen LogP contribution is -2.44. The summed E-state index contributed by atoms with van der Waals surface area (Å²) in [6, 6.07) is 25.8. The second-order valence-electron chi connectivity index (χ2n) is 33.7. The van der Waals surface area contributed by atoms with Crippen LogP contribution in [0.3, 0.4) is 0 Å². The summed E-state index contributed by atoms with van der Waals surface area (Å²) in [5, 5.41) is 6.86. The fourth-order valence-corrected chi connectivity index (χ4v) is 12.9. The highest BCUT2D eigenvalue weighted by molar-refractivity contribution is 5.85. The van der Waals surface area contributed by atoms with Crippen molar-refractivity contribution < 1.29 is 28.5 Å². The number of ether oxygens (including phenoxy) is 4. The molecule has 6 aliphatic rings. The maximum atomic E-state index is 12.2. The molecule has 0 aliphatic carbocycles. The Morgan fingerprint density at radius 2 is 0.696 bits per heavy atom. The monoisotopic (exact) mass is 1390 g/mol. The van der Waals surface area contributed by atoms with Gasteiger partial charge in [0.25, 0.3) is 0 Å². The van der Waals surface area contributed by atoms with E-state index in [4.69, 9.17) is 18.9 Å². The maximum Gasteiger partial charge on any atom is 0.138 e.